The van der Waals surface area contributed by atoms with Gasteiger partial charge in [0.15, 0.2) is 0 Å². The molecule has 2 aliphatic rings. The van der Waals surface area contributed by atoms with Gasteiger partial charge >= 0.3 is 0 Å². The molecule has 1 amide bonds. The quantitative estimate of drug-likeness (QED) is 0.774. The number of aromatic nitrogens is 1. The van der Waals surface area contributed by atoms with Gasteiger partial charge in [-0.1, -0.05) is 17.7 Å². The monoisotopic (exact) mass is 398 g/mol. The van der Waals surface area contributed by atoms with Crippen molar-refractivity contribution < 1.29 is 4.79 Å². The molecule has 0 saturated carbocycles. The van der Waals surface area contributed by atoms with E-state index in [1.165, 1.54) is 5.69 Å². The fourth-order valence-corrected chi connectivity index (χ4v) is 4.16. The maximum atomic E-state index is 12.8. The molecule has 2 aromatic rings. The first kappa shape index (κ1) is 19.1. The smallest absolute Gasteiger partial charge is 0.256 e. The molecule has 1 fully saturated rings. The molecule has 0 radical (unpaired) electrons. The van der Waals surface area contributed by atoms with Gasteiger partial charge in [0, 0.05) is 63.2 Å². The summed E-state index contributed by atoms with van der Waals surface area (Å²) in [5, 5.41) is 0.780. The minimum absolute atomic E-state index is 0.146. The number of amides is 1. The molecule has 0 N–H and O–H groups in total. The third kappa shape index (κ3) is 4.10. The van der Waals surface area contributed by atoms with E-state index < -0.39 is 0 Å². The zero-order valence-electron chi connectivity index (χ0n) is 16.4. The van der Waals surface area contributed by atoms with Crippen molar-refractivity contribution in [2.24, 2.45) is 7.05 Å². The topological polar surface area (TPSA) is 31.7 Å². The van der Waals surface area contributed by atoms with Crippen LogP contribution < -0.4 is 4.90 Å². The Morgan fingerprint density at radius 1 is 1.00 bits per heavy atom. The summed E-state index contributed by atoms with van der Waals surface area (Å²) in [4.78, 5) is 19.7. The van der Waals surface area contributed by atoms with E-state index >= 15 is 0 Å². The first-order chi connectivity index (χ1) is 13.6. The number of piperazine rings is 1. The normalized spacial score (nSPS) is 17.7. The van der Waals surface area contributed by atoms with Crippen LogP contribution in [0.5, 0.6) is 0 Å². The van der Waals surface area contributed by atoms with Crippen molar-refractivity contribution in [1.29, 1.82) is 0 Å². The van der Waals surface area contributed by atoms with Crippen LogP contribution in [0.15, 0.2) is 42.6 Å². The molecule has 0 atom stereocenters. The molecular weight excluding hydrogens is 372 g/mol. The van der Waals surface area contributed by atoms with Gasteiger partial charge in [-0.3, -0.25) is 9.69 Å². The lowest BCUT2D eigenvalue weighted by atomic mass is 10.2. The SMILES string of the molecule is Cn1ccc2c1C=CCN(CCCN1CCN(c3ccc(Cl)cc3)CC1)C2=O. The molecule has 5 nitrogen and oxygen atoms in total. The second-order valence-corrected chi connectivity index (χ2v) is 7.97. The number of halogens is 1. The van der Waals surface area contributed by atoms with Crippen molar-refractivity contribution >= 4 is 29.3 Å². The molecule has 28 heavy (non-hydrogen) atoms. The van der Waals surface area contributed by atoms with Crippen molar-refractivity contribution in [1.82, 2.24) is 14.4 Å². The summed E-state index contributed by atoms with van der Waals surface area (Å²) in [5.41, 5.74) is 3.06. The number of carbonyl (C=O) groups excluding carboxylic acids is 1. The molecule has 0 bridgehead atoms. The minimum Gasteiger partial charge on any atom is -0.369 e. The average Bonchev–Trinajstić information content (AvgIpc) is 2.99. The van der Waals surface area contributed by atoms with Crippen LogP contribution in [-0.4, -0.2) is 66.1 Å². The highest BCUT2D eigenvalue weighted by Crippen LogP contribution is 2.20. The summed E-state index contributed by atoms with van der Waals surface area (Å²) in [6.45, 7) is 6.69. The number of hydrogen-bond acceptors (Lipinski definition) is 3. The fourth-order valence-electron chi connectivity index (χ4n) is 4.03. The van der Waals surface area contributed by atoms with Gasteiger partial charge in [0.2, 0.25) is 0 Å². The van der Waals surface area contributed by atoms with Crippen LogP contribution in [0.3, 0.4) is 0 Å². The van der Waals surface area contributed by atoms with Crippen LogP contribution in [0.25, 0.3) is 6.08 Å². The minimum atomic E-state index is 0.146. The van der Waals surface area contributed by atoms with Crippen LogP contribution in [0.2, 0.25) is 5.02 Å². The van der Waals surface area contributed by atoms with Crippen molar-refractivity contribution in [2.75, 3.05) is 50.7 Å². The van der Waals surface area contributed by atoms with Gasteiger partial charge in [0.1, 0.15) is 0 Å². The van der Waals surface area contributed by atoms with Crippen LogP contribution in [-0.2, 0) is 7.05 Å². The molecule has 0 unspecified atom stereocenters. The summed E-state index contributed by atoms with van der Waals surface area (Å²) in [6.07, 6.45) is 7.11. The van der Waals surface area contributed by atoms with Crippen LogP contribution in [0.4, 0.5) is 5.69 Å². The predicted molar refractivity (Wildman–Crippen MR) is 115 cm³/mol. The molecule has 3 heterocycles. The largest absolute Gasteiger partial charge is 0.369 e. The Bertz CT molecular complexity index is 850. The van der Waals surface area contributed by atoms with Crippen LogP contribution in [0.1, 0.15) is 22.5 Å². The lowest BCUT2D eigenvalue weighted by Crippen LogP contribution is -2.47. The average molecular weight is 399 g/mol. The van der Waals surface area contributed by atoms with Gasteiger partial charge in [0.25, 0.3) is 5.91 Å². The van der Waals surface area contributed by atoms with E-state index in [1.54, 1.807) is 0 Å². The third-order valence-electron chi connectivity index (χ3n) is 5.71. The number of carbonyl (C=O) groups is 1. The van der Waals surface area contributed by atoms with E-state index in [0.717, 1.165) is 62.0 Å². The molecule has 1 aromatic carbocycles. The van der Waals surface area contributed by atoms with E-state index in [4.69, 9.17) is 11.6 Å². The fraction of sp³-hybridized carbons (Fsp3) is 0.409. The number of rotatable bonds is 5. The number of aryl methyl sites for hydroxylation is 1. The molecule has 4 rings (SSSR count). The maximum Gasteiger partial charge on any atom is 0.256 e. The molecule has 2 aliphatic heterocycles. The van der Waals surface area contributed by atoms with E-state index in [0.29, 0.717) is 6.54 Å². The summed E-state index contributed by atoms with van der Waals surface area (Å²) in [5.74, 6) is 0.146. The summed E-state index contributed by atoms with van der Waals surface area (Å²) >= 11 is 5.98. The molecule has 148 valence electrons. The highest BCUT2D eigenvalue weighted by atomic mass is 35.5. The van der Waals surface area contributed by atoms with Gasteiger partial charge in [-0.25, -0.2) is 0 Å². The van der Waals surface area contributed by atoms with Gasteiger partial charge < -0.3 is 14.4 Å². The lowest BCUT2D eigenvalue weighted by Gasteiger charge is -2.36. The number of fused-ring (bicyclic) bond motifs is 1. The number of hydrogen-bond donors (Lipinski definition) is 0. The Kier molecular flexibility index (Phi) is 5.74. The van der Waals surface area contributed by atoms with E-state index in [2.05, 4.69) is 34.1 Å². The maximum absolute atomic E-state index is 12.8. The first-order valence-electron chi connectivity index (χ1n) is 9.96. The van der Waals surface area contributed by atoms with Gasteiger partial charge in [0.05, 0.1) is 11.3 Å². The highest BCUT2D eigenvalue weighted by Gasteiger charge is 2.22. The predicted octanol–water partition coefficient (Wildman–Crippen LogP) is 3.36. The highest BCUT2D eigenvalue weighted by molar-refractivity contribution is 6.30. The van der Waals surface area contributed by atoms with Gasteiger partial charge in [-0.15, -0.1) is 0 Å². The van der Waals surface area contributed by atoms with Crippen molar-refractivity contribution in [3.8, 4) is 0 Å². The summed E-state index contributed by atoms with van der Waals surface area (Å²) < 4.78 is 2.01. The summed E-state index contributed by atoms with van der Waals surface area (Å²) in [6, 6.07) is 10.0. The number of benzene rings is 1. The Morgan fingerprint density at radius 2 is 1.75 bits per heavy atom. The van der Waals surface area contributed by atoms with Crippen molar-refractivity contribution in [3.05, 3.63) is 58.9 Å². The zero-order valence-corrected chi connectivity index (χ0v) is 17.1. The van der Waals surface area contributed by atoms with Gasteiger partial charge in [-0.05, 0) is 49.4 Å². The molecule has 1 aromatic heterocycles. The molecule has 1 saturated heterocycles. The van der Waals surface area contributed by atoms with Crippen molar-refractivity contribution in [2.45, 2.75) is 6.42 Å². The molecular formula is C22H27ClN4O. The third-order valence-corrected chi connectivity index (χ3v) is 5.96. The second kappa shape index (κ2) is 8.41. The molecule has 6 heteroatoms. The van der Waals surface area contributed by atoms with E-state index in [9.17, 15) is 4.79 Å². The van der Waals surface area contributed by atoms with Crippen LogP contribution in [0, 0.1) is 0 Å². The standard InChI is InChI=1S/C22H27ClN4O/c1-24-13-9-20-21(24)4-2-11-27(22(20)28)12-3-10-25-14-16-26(17-15-25)19-7-5-18(23)6-8-19/h2,4-9,13H,3,10-12,14-17H2,1H3. The Balaban J connectivity index is 1.24. The Hall–Kier alpha value is -2.24. The second-order valence-electron chi connectivity index (χ2n) is 7.54. The lowest BCUT2D eigenvalue weighted by molar-refractivity contribution is 0.0768. The van der Waals surface area contributed by atoms with Crippen LogP contribution >= 0.6 is 11.6 Å². The Morgan fingerprint density at radius 3 is 2.50 bits per heavy atom. The molecule has 0 spiro atoms. The molecule has 0 aliphatic carbocycles. The van der Waals surface area contributed by atoms with Gasteiger partial charge in [-0.2, -0.15) is 0 Å². The van der Waals surface area contributed by atoms with Crippen molar-refractivity contribution in [3.63, 3.8) is 0 Å². The number of nitrogens with zero attached hydrogens (tertiary/aromatic N) is 4. The Labute approximate surface area is 171 Å². The first-order valence-corrected chi connectivity index (χ1v) is 10.3. The van der Waals surface area contributed by atoms with E-state index in [1.807, 2.05) is 40.9 Å². The van der Waals surface area contributed by atoms with E-state index in [-0.39, 0.29) is 5.91 Å². The zero-order chi connectivity index (χ0) is 19.5. The number of anilines is 1. The summed E-state index contributed by atoms with van der Waals surface area (Å²) in [7, 11) is 1.98.